The summed E-state index contributed by atoms with van der Waals surface area (Å²) in [5, 5.41) is 10.1. The van der Waals surface area contributed by atoms with E-state index in [9.17, 15) is 33.3 Å². The van der Waals surface area contributed by atoms with Crippen LogP contribution >= 0.6 is 23.5 Å². The van der Waals surface area contributed by atoms with E-state index >= 15 is 0 Å². The highest BCUT2D eigenvalue weighted by molar-refractivity contribution is 7.66. The molecule has 0 bridgehead atoms. The van der Waals surface area contributed by atoms with Gasteiger partial charge in [0.15, 0.2) is 0 Å². The molecule has 2 heterocycles. The third kappa shape index (κ3) is 6.76. The monoisotopic (exact) mass is 482 g/mol. The number of phosphoric ester groups is 1. The van der Waals surface area contributed by atoms with E-state index in [4.69, 9.17) is 19.4 Å². The van der Waals surface area contributed by atoms with Gasteiger partial charge in [0.2, 0.25) is 0 Å². The lowest BCUT2D eigenvalue weighted by Gasteiger charge is -2.26. The number of aliphatic hydroxyl groups is 1. The van der Waals surface area contributed by atoms with Crippen molar-refractivity contribution in [3.8, 4) is 0 Å². The number of rotatable bonds is 8. The van der Waals surface area contributed by atoms with Gasteiger partial charge in [-0.05, 0) is 6.92 Å². The molecule has 0 spiro atoms. The van der Waals surface area contributed by atoms with Crippen molar-refractivity contribution in [3.05, 3.63) is 33.1 Å². The van der Waals surface area contributed by atoms with Crippen molar-refractivity contribution in [1.82, 2.24) is 9.55 Å². The summed E-state index contributed by atoms with van der Waals surface area (Å²) in [6.45, 7) is 0.485. The first kappa shape index (κ1) is 24.3. The van der Waals surface area contributed by atoms with Gasteiger partial charge in [-0.2, -0.15) is 8.62 Å². The third-order valence-electron chi connectivity index (χ3n) is 3.57. The van der Waals surface area contributed by atoms with Crippen LogP contribution in [0.2, 0.25) is 0 Å². The number of aromatic amines is 1. The van der Waals surface area contributed by atoms with E-state index in [1.165, 1.54) is 6.92 Å². The van der Waals surface area contributed by atoms with Gasteiger partial charge in [0, 0.05) is 18.7 Å². The standard InChI is InChI=1S/C10H17N2O14P3/c1-10(12-3-2-8(14)11-9(12)15)4-6(13)7(24-10)5-23-28(19,20)26-29(21,22)25-27(16,17)18/h2-3,6-7,13H,4-5H2,1H3,(H,19,20)(H,21,22)(H,11,14,15)(H2,16,17,18)/t6-,7+,10+/m0/s1. The van der Waals surface area contributed by atoms with Crippen LogP contribution in [-0.2, 0) is 37.3 Å². The summed E-state index contributed by atoms with van der Waals surface area (Å²) >= 11 is 0. The Labute approximate surface area is 161 Å². The Bertz CT molecular complexity index is 1010. The zero-order valence-electron chi connectivity index (χ0n) is 14.4. The highest BCUT2D eigenvalue weighted by Gasteiger charge is 2.47. The molecule has 29 heavy (non-hydrogen) atoms. The molecule has 6 N–H and O–H groups in total. The van der Waals surface area contributed by atoms with Crippen LogP contribution in [0.25, 0.3) is 0 Å². The molecular formula is C10H17N2O14P3. The minimum atomic E-state index is -5.68. The highest BCUT2D eigenvalue weighted by Crippen LogP contribution is 2.66. The van der Waals surface area contributed by atoms with E-state index in [0.29, 0.717) is 0 Å². The molecule has 16 nitrogen and oxygen atoms in total. The van der Waals surface area contributed by atoms with Gasteiger partial charge in [-0.3, -0.25) is 18.9 Å². The van der Waals surface area contributed by atoms with Crippen LogP contribution in [0.1, 0.15) is 13.3 Å². The number of hydrogen-bond donors (Lipinski definition) is 6. The molecule has 166 valence electrons. The second kappa shape index (κ2) is 8.27. The molecule has 1 aromatic rings. The molecule has 2 unspecified atom stereocenters. The van der Waals surface area contributed by atoms with E-state index in [1.54, 1.807) is 0 Å². The Balaban J connectivity index is 2.06. The van der Waals surface area contributed by atoms with E-state index in [0.717, 1.165) is 16.8 Å². The van der Waals surface area contributed by atoms with Gasteiger partial charge >= 0.3 is 29.2 Å². The van der Waals surface area contributed by atoms with Crippen LogP contribution in [0.4, 0.5) is 0 Å². The molecule has 0 saturated carbocycles. The van der Waals surface area contributed by atoms with Gasteiger partial charge in [0.1, 0.15) is 11.8 Å². The first-order valence-corrected chi connectivity index (χ1v) is 12.0. The summed E-state index contributed by atoms with van der Waals surface area (Å²) in [5.74, 6) is 0. The van der Waals surface area contributed by atoms with Gasteiger partial charge in [-0.25, -0.2) is 18.5 Å². The summed E-state index contributed by atoms with van der Waals surface area (Å²) in [5.41, 5.74) is -3.00. The molecule has 0 radical (unpaired) electrons. The number of nitrogens with one attached hydrogen (secondary N) is 1. The second-order valence-electron chi connectivity index (χ2n) is 5.97. The van der Waals surface area contributed by atoms with Gasteiger partial charge < -0.3 is 29.4 Å². The van der Waals surface area contributed by atoms with Crippen molar-refractivity contribution in [2.45, 2.75) is 31.3 Å². The van der Waals surface area contributed by atoms with Crippen LogP contribution < -0.4 is 11.2 Å². The van der Waals surface area contributed by atoms with Gasteiger partial charge in [-0.1, -0.05) is 0 Å². The summed E-state index contributed by atoms with van der Waals surface area (Å²) < 4.78 is 51.5. The van der Waals surface area contributed by atoms with Gasteiger partial charge in [-0.15, -0.1) is 0 Å². The fourth-order valence-electron chi connectivity index (χ4n) is 2.53. The lowest BCUT2D eigenvalue weighted by Crippen LogP contribution is -2.42. The van der Waals surface area contributed by atoms with E-state index < -0.39 is 59.3 Å². The molecule has 1 saturated heterocycles. The zero-order valence-corrected chi connectivity index (χ0v) is 17.1. The number of phosphoric acid groups is 3. The Morgan fingerprint density at radius 1 is 1.21 bits per heavy atom. The van der Waals surface area contributed by atoms with Gasteiger partial charge in [0.05, 0.1) is 12.7 Å². The molecule has 1 aromatic heterocycles. The van der Waals surface area contributed by atoms with Crippen molar-refractivity contribution >= 4 is 23.5 Å². The summed E-state index contributed by atoms with van der Waals surface area (Å²) in [7, 11) is -16.6. The number of ether oxygens (including phenoxy) is 1. The number of aromatic nitrogens is 2. The Kier molecular flexibility index (Phi) is 6.92. The molecule has 0 aromatic carbocycles. The number of hydrogen-bond acceptors (Lipinski definition) is 10. The summed E-state index contributed by atoms with van der Waals surface area (Å²) in [6, 6.07) is 1.03. The van der Waals surface area contributed by atoms with E-state index in [1.807, 2.05) is 4.98 Å². The van der Waals surface area contributed by atoms with Crippen LogP contribution in [-0.4, -0.2) is 53.0 Å². The Morgan fingerprint density at radius 2 is 1.83 bits per heavy atom. The number of nitrogens with zero attached hydrogens (tertiary/aromatic N) is 1. The fraction of sp³-hybridized carbons (Fsp3) is 0.600. The lowest BCUT2D eigenvalue weighted by molar-refractivity contribution is -0.106. The number of H-pyrrole nitrogens is 1. The Morgan fingerprint density at radius 3 is 2.38 bits per heavy atom. The molecule has 0 aliphatic carbocycles. The predicted molar refractivity (Wildman–Crippen MR) is 90.3 cm³/mol. The first-order valence-electron chi connectivity index (χ1n) is 7.49. The predicted octanol–water partition coefficient (Wildman–Crippen LogP) is -1.30. The topological polar surface area (TPSA) is 244 Å². The first-order chi connectivity index (χ1) is 13.0. The molecule has 5 atom stereocenters. The minimum Gasteiger partial charge on any atom is -0.390 e. The highest BCUT2D eigenvalue weighted by atomic mass is 31.3. The smallest absolute Gasteiger partial charge is 0.390 e. The van der Waals surface area contributed by atoms with Crippen molar-refractivity contribution in [3.63, 3.8) is 0 Å². The average molecular weight is 482 g/mol. The van der Waals surface area contributed by atoms with Crippen molar-refractivity contribution in [1.29, 1.82) is 0 Å². The van der Waals surface area contributed by atoms with E-state index in [2.05, 4.69) is 13.1 Å². The third-order valence-corrected chi connectivity index (χ3v) is 7.38. The lowest BCUT2D eigenvalue weighted by atomic mass is 10.1. The largest absolute Gasteiger partial charge is 0.490 e. The fourth-order valence-corrected chi connectivity index (χ4v) is 5.56. The molecule has 19 heteroatoms. The van der Waals surface area contributed by atoms with Crippen LogP contribution in [0.3, 0.4) is 0 Å². The number of aliphatic hydroxyl groups excluding tert-OH is 1. The minimum absolute atomic E-state index is 0.205. The van der Waals surface area contributed by atoms with Crippen molar-refractivity contribution in [2.75, 3.05) is 6.61 Å². The molecular weight excluding hydrogens is 465 g/mol. The molecule has 1 aliphatic rings. The van der Waals surface area contributed by atoms with Crippen molar-refractivity contribution < 1.29 is 56.3 Å². The molecule has 0 amide bonds. The second-order valence-corrected chi connectivity index (χ2v) is 10.4. The Hall–Kier alpha value is -0.990. The quantitative estimate of drug-likeness (QED) is 0.236. The van der Waals surface area contributed by atoms with Crippen molar-refractivity contribution in [2.24, 2.45) is 0 Å². The summed E-state index contributed by atoms with van der Waals surface area (Å²) in [4.78, 5) is 60.5. The SMILES string of the molecule is C[C@]1(n2ccc(=O)[nH]c2=O)C[C@H](O)[C@@H](COP(=O)(O)OP(=O)(O)OP(=O)(O)O)O1. The average Bonchev–Trinajstić information content (AvgIpc) is 2.76. The normalized spacial score (nSPS) is 29.3. The summed E-state index contributed by atoms with van der Waals surface area (Å²) in [6.07, 6.45) is -1.77. The van der Waals surface area contributed by atoms with Crippen LogP contribution in [0.5, 0.6) is 0 Å². The van der Waals surface area contributed by atoms with Gasteiger partial charge in [0.25, 0.3) is 5.56 Å². The molecule has 1 aliphatic heterocycles. The van der Waals surface area contributed by atoms with Crippen LogP contribution in [0.15, 0.2) is 21.9 Å². The maximum absolute atomic E-state index is 11.9. The van der Waals surface area contributed by atoms with Crippen LogP contribution in [0, 0.1) is 0 Å². The van der Waals surface area contributed by atoms with E-state index in [-0.39, 0.29) is 6.42 Å². The maximum atomic E-state index is 11.9. The zero-order chi connectivity index (χ0) is 22.3. The molecule has 2 rings (SSSR count). The maximum Gasteiger partial charge on any atom is 0.490 e. The molecule has 1 fully saturated rings.